The number of hydrogen-bond donors (Lipinski definition) is 1. The van der Waals surface area contributed by atoms with E-state index in [4.69, 9.17) is 23.2 Å². The van der Waals surface area contributed by atoms with Crippen LogP contribution in [0, 0.1) is 0 Å². The minimum atomic E-state index is -0.278. The molecule has 5 rings (SSSR count). The van der Waals surface area contributed by atoms with E-state index in [0.717, 1.165) is 56.7 Å². The Morgan fingerprint density at radius 2 is 1.58 bits per heavy atom. The van der Waals surface area contributed by atoms with Crippen LogP contribution in [0.2, 0.25) is 10.0 Å². The van der Waals surface area contributed by atoms with Crippen molar-refractivity contribution in [3.8, 4) is 11.1 Å². The van der Waals surface area contributed by atoms with Crippen molar-refractivity contribution in [1.82, 2.24) is 15.1 Å². The molecule has 1 unspecified atom stereocenters. The molecule has 1 aliphatic heterocycles. The predicted octanol–water partition coefficient (Wildman–Crippen LogP) is 5.67. The minimum Gasteiger partial charge on any atom is -0.339 e. The molecule has 2 aliphatic rings. The van der Waals surface area contributed by atoms with Gasteiger partial charge < -0.3 is 15.1 Å². The lowest BCUT2D eigenvalue weighted by atomic mass is 9.94. The third-order valence-electron chi connectivity index (χ3n) is 7.66. The first kappa shape index (κ1) is 25.3. The average Bonchev–Trinajstić information content (AvgIpc) is 3.68. The van der Waals surface area contributed by atoms with Crippen LogP contribution in [0.15, 0.2) is 72.8 Å². The highest BCUT2D eigenvalue weighted by atomic mass is 35.5. The summed E-state index contributed by atoms with van der Waals surface area (Å²) in [5.41, 5.74) is 4.63. The van der Waals surface area contributed by atoms with Gasteiger partial charge in [0.05, 0.1) is 6.04 Å². The average molecular weight is 523 g/mol. The van der Waals surface area contributed by atoms with E-state index >= 15 is 0 Å². The molecule has 2 fully saturated rings. The molecule has 4 nitrogen and oxygen atoms in total. The minimum absolute atomic E-state index is 0.0283. The van der Waals surface area contributed by atoms with Crippen LogP contribution in [0.1, 0.15) is 24.0 Å². The molecule has 188 valence electrons. The van der Waals surface area contributed by atoms with Gasteiger partial charge in [-0.2, -0.15) is 0 Å². The van der Waals surface area contributed by atoms with E-state index in [1.807, 2.05) is 29.2 Å². The number of amides is 1. The summed E-state index contributed by atoms with van der Waals surface area (Å²) < 4.78 is 0. The summed E-state index contributed by atoms with van der Waals surface area (Å²) >= 11 is 12.7. The Hall–Kier alpha value is -2.37. The Balaban J connectivity index is 1.33. The molecule has 1 heterocycles. The Labute approximate surface area is 224 Å². The van der Waals surface area contributed by atoms with Crippen LogP contribution in [-0.2, 0) is 16.6 Å². The molecular formula is C30H33Cl2N3O. The van der Waals surface area contributed by atoms with Crippen molar-refractivity contribution in [2.75, 3.05) is 39.8 Å². The number of carbonyl (C=O) groups is 1. The number of rotatable bonds is 8. The zero-order valence-corrected chi connectivity index (χ0v) is 22.2. The van der Waals surface area contributed by atoms with E-state index in [0.29, 0.717) is 16.5 Å². The van der Waals surface area contributed by atoms with E-state index in [1.54, 1.807) is 0 Å². The monoisotopic (exact) mass is 521 g/mol. The first-order valence-electron chi connectivity index (χ1n) is 12.7. The number of halogens is 2. The van der Waals surface area contributed by atoms with Crippen molar-refractivity contribution in [2.45, 2.75) is 30.7 Å². The van der Waals surface area contributed by atoms with Gasteiger partial charge in [-0.15, -0.1) is 0 Å². The maximum Gasteiger partial charge on any atom is 0.240 e. The molecule has 3 aromatic rings. The van der Waals surface area contributed by atoms with Crippen LogP contribution < -0.4 is 5.32 Å². The fraction of sp³-hybridized carbons (Fsp3) is 0.367. The van der Waals surface area contributed by atoms with Gasteiger partial charge in [-0.3, -0.25) is 4.79 Å². The lowest BCUT2D eigenvalue weighted by Gasteiger charge is -2.35. The smallest absolute Gasteiger partial charge is 0.240 e. The highest BCUT2D eigenvalue weighted by molar-refractivity contribution is 6.35. The molecule has 3 aromatic carbocycles. The Morgan fingerprint density at radius 1 is 0.917 bits per heavy atom. The van der Waals surface area contributed by atoms with E-state index < -0.39 is 0 Å². The molecule has 1 saturated carbocycles. The molecule has 0 aromatic heterocycles. The van der Waals surface area contributed by atoms with Crippen LogP contribution in [0.3, 0.4) is 0 Å². The van der Waals surface area contributed by atoms with Crippen LogP contribution in [-0.4, -0.2) is 61.5 Å². The van der Waals surface area contributed by atoms with Gasteiger partial charge in [0.2, 0.25) is 5.91 Å². The second-order valence-electron chi connectivity index (χ2n) is 10.2. The molecule has 1 N–H and O–H groups in total. The van der Waals surface area contributed by atoms with Crippen LogP contribution >= 0.6 is 23.2 Å². The number of nitrogens with zero attached hydrogens (tertiary/aromatic N) is 2. The summed E-state index contributed by atoms with van der Waals surface area (Å²) in [4.78, 5) is 18.0. The largest absolute Gasteiger partial charge is 0.339 e. The normalized spacial score (nSPS) is 18.1. The van der Waals surface area contributed by atoms with Gasteiger partial charge in [0.15, 0.2) is 0 Å². The molecule has 36 heavy (non-hydrogen) atoms. The molecule has 1 aliphatic carbocycles. The van der Waals surface area contributed by atoms with Crippen molar-refractivity contribution >= 4 is 29.1 Å². The lowest BCUT2D eigenvalue weighted by molar-refractivity contribution is -0.135. The zero-order valence-electron chi connectivity index (χ0n) is 20.7. The van der Waals surface area contributed by atoms with Gasteiger partial charge in [-0.25, -0.2) is 0 Å². The van der Waals surface area contributed by atoms with Crippen molar-refractivity contribution in [2.24, 2.45) is 0 Å². The highest BCUT2D eigenvalue weighted by Crippen LogP contribution is 2.50. The number of likely N-dealkylation sites (N-methyl/N-ethyl adjacent to an activating group) is 1. The van der Waals surface area contributed by atoms with E-state index in [2.05, 4.69) is 65.8 Å². The summed E-state index contributed by atoms with van der Waals surface area (Å²) in [6.45, 7) is 4.09. The predicted molar refractivity (Wildman–Crippen MR) is 149 cm³/mol. The topological polar surface area (TPSA) is 35.6 Å². The summed E-state index contributed by atoms with van der Waals surface area (Å²) in [5, 5.41) is 5.03. The van der Waals surface area contributed by atoms with E-state index in [-0.39, 0.29) is 17.4 Å². The SMILES string of the molecule is CN1CCN(C(=O)C(Cc2ccc(-c3ccccc3)cc2)NCC2(c3ccc(Cl)cc3Cl)CC2)CC1. The van der Waals surface area contributed by atoms with Crippen LogP contribution in [0.5, 0.6) is 0 Å². The van der Waals surface area contributed by atoms with E-state index in [1.165, 1.54) is 11.1 Å². The second kappa shape index (κ2) is 10.9. The number of carbonyl (C=O) groups excluding carboxylic acids is 1. The molecule has 6 heteroatoms. The Kier molecular flexibility index (Phi) is 7.68. The summed E-state index contributed by atoms with van der Waals surface area (Å²) in [6, 6.07) is 24.5. The van der Waals surface area contributed by atoms with Gasteiger partial charge in [-0.1, -0.05) is 83.9 Å². The van der Waals surface area contributed by atoms with Crippen LogP contribution in [0.25, 0.3) is 11.1 Å². The fourth-order valence-corrected chi connectivity index (χ4v) is 5.73. The third-order valence-corrected chi connectivity index (χ3v) is 8.20. The standard InChI is InChI=1S/C30H33Cl2N3O/c1-34-15-17-35(18-16-34)29(36)28(19-22-7-9-24(10-8-22)23-5-3-2-4-6-23)33-21-30(13-14-30)26-12-11-25(31)20-27(26)32/h2-12,20,28,33H,13-19,21H2,1H3. The molecule has 1 atom stereocenters. The van der Waals surface area contributed by atoms with Crippen LogP contribution in [0.4, 0.5) is 0 Å². The summed E-state index contributed by atoms with van der Waals surface area (Å²) in [6.07, 6.45) is 2.77. The van der Waals surface area contributed by atoms with Gasteiger partial charge in [0.25, 0.3) is 0 Å². The first-order valence-corrected chi connectivity index (χ1v) is 13.5. The molecule has 1 amide bonds. The van der Waals surface area contributed by atoms with Gasteiger partial charge >= 0.3 is 0 Å². The first-order chi connectivity index (χ1) is 17.4. The van der Waals surface area contributed by atoms with Crippen molar-refractivity contribution in [3.05, 3.63) is 94.0 Å². The van der Waals surface area contributed by atoms with Crippen molar-refractivity contribution in [1.29, 1.82) is 0 Å². The quantitative estimate of drug-likeness (QED) is 0.414. The number of hydrogen-bond acceptors (Lipinski definition) is 3. The molecular weight excluding hydrogens is 489 g/mol. The van der Waals surface area contributed by atoms with Gasteiger partial charge in [0.1, 0.15) is 0 Å². The zero-order chi connectivity index (χ0) is 25.1. The fourth-order valence-electron chi connectivity index (χ4n) is 5.12. The number of nitrogens with one attached hydrogen (secondary N) is 1. The lowest BCUT2D eigenvalue weighted by Crippen LogP contribution is -2.54. The Morgan fingerprint density at radius 3 is 2.22 bits per heavy atom. The molecule has 0 radical (unpaired) electrons. The highest BCUT2D eigenvalue weighted by Gasteiger charge is 2.46. The number of piperazine rings is 1. The molecule has 0 bridgehead atoms. The van der Waals surface area contributed by atoms with Gasteiger partial charge in [-0.05, 0) is 60.7 Å². The van der Waals surface area contributed by atoms with Gasteiger partial charge in [0, 0.05) is 48.2 Å². The van der Waals surface area contributed by atoms with Crippen molar-refractivity contribution < 1.29 is 4.79 Å². The summed E-state index contributed by atoms with van der Waals surface area (Å²) in [5.74, 6) is 0.188. The van der Waals surface area contributed by atoms with Crippen molar-refractivity contribution in [3.63, 3.8) is 0 Å². The third kappa shape index (κ3) is 5.78. The summed E-state index contributed by atoms with van der Waals surface area (Å²) in [7, 11) is 2.11. The molecule has 0 spiro atoms. The molecule has 1 saturated heterocycles. The van der Waals surface area contributed by atoms with E-state index in [9.17, 15) is 4.79 Å². The maximum atomic E-state index is 13.7. The maximum absolute atomic E-state index is 13.7. The Bertz CT molecular complexity index is 1190. The second-order valence-corrected chi connectivity index (χ2v) is 11.1. The number of benzene rings is 3.